The standard InChI is InChI=1S/C20H18BrN5OS.ClH/c1-25(2)9-10-26(20-24-16-8-7-13(21)11-18(16)28-20)19(27)17-12-22-14-5-3-4-6-15(14)23-17;/h3-8,11-12H,9-10H2,1-2H3;1H. The maximum absolute atomic E-state index is 13.3. The fourth-order valence-corrected chi connectivity index (χ4v) is 4.33. The van der Waals surface area contributed by atoms with Gasteiger partial charge >= 0.3 is 0 Å². The Bertz CT molecular complexity index is 1170. The highest BCUT2D eigenvalue weighted by molar-refractivity contribution is 9.10. The molecule has 0 saturated carbocycles. The molecule has 29 heavy (non-hydrogen) atoms. The second-order valence-electron chi connectivity index (χ2n) is 6.61. The number of thiazole rings is 1. The quantitative estimate of drug-likeness (QED) is 0.406. The number of benzene rings is 2. The summed E-state index contributed by atoms with van der Waals surface area (Å²) in [6.45, 7) is 1.23. The Kier molecular flexibility index (Phi) is 6.79. The molecule has 0 radical (unpaired) electrons. The first kappa shape index (κ1) is 21.6. The summed E-state index contributed by atoms with van der Waals surface area (Å²) in [5.41, 5.74) is 2.66. The summed E-state index contributed by atoms with van der Waals surface area (Å²) >= 11 is 4.99. The van der Waals surface area contributed by atoms with Crippen molar-refractivity contribution in [2.75, 3.05) is 32.1 Å². The highest BCUT2D eigenvalue weighted by Gasteiger charge is 2.23. The minimum Gasteiger partial charge on any atom is -0.308 e. The summed E-state index contributed by atoms with van der Waals surface area (Å²) in [4.78, 5) is 30.6. The van der Waals surface area contributed by atoms with Gasteiger partial charge in [0.2, 0.25) is 0 Å². The number of hydrogen-bond donors (Lipinski definition) is 0. The van der Waals surface area contributed by atoms with E-state index in [-0.39, 0.29) is 18.3 Å². The molecule has 0 atom stereocenters. The van der Waals surface area contributed by atoms with Gasteiger partial charge in [0.15, 0.2) is 5.13 Å². The molecule has 0 unspecified atom stereocenters. The van der Waals surface area contributed by atoms with E-state index in [1.54, 1.807) is 4.90 Å². The molecule has 0 fully saturated rings. The lowest BCUT2D eigenvalue weighted by Gasteiger charge is -2.21. The van der Waals surface area contributed by atoms with Crippen LogP contribution in [0.5, 0.6) is 0 Å². The second kappa shape index (κ2) is 9.13. The molecule has 150 valence electrons. The molecule has 0 aliphatic carbocycles. The van der Waals surface area contributed by atoms with E-state index in [4.69, 9.17) is 0 Å². The zero-order valence-corrected chi connectivity index (χ0v) is 19.1. The Hall–Kier alpha value is -2.13. The van der Waals surface area contributed by atoms with Gasteiger partial charge in [-0.1, -0.05) is 39.4 Å². The van der Waals surface area contributed by atoms with Crippen molar-refractivity contribution >= 4 is 72.0 Å². The number of para-hydroxylation sites is 2. The first-order chi connectivity index (χ1) is 13.5. The summed E-state index contributed by atoms with van der Waals surface area (Å²) in [5.74, 6) is -0.196. The predicted molar refractivity (Wildman–Crippen MR) is 124 cm³/mol. The van der Waals surface area contributed by atoms with Crippen LogP contribution in [0, 0.1) is 0 Å². The predicted octanol–water partition coefficient (Wildman–Crippen LogP) is 4.63. The van der Waals surface area contributed by atoms with Crippen molar-refractivity contribution in [3.63, 3.8) is 0 Å². The molecule has 4 rings (SSSR count). The molecule has 0 aliphatic heterocycles. The fraction of sp³-hybridized carbons (Fsp3) is 0.200. The van der Waals surface area contributed by atoms with Crippen molar-refractivity contribution in [2.24, 2.45) is 0 Å². The Morgan fingerprint density at radius 2 is 1.79 bits per heavy atom. The lowest BCUT2D eigenvalue weighted by Crippen LogP contribution is -2.37. The van der Waals surface area contributed by atoms with Gasteiger partial charge in [-0.25, -0.2) is 9.97 Å². The fourth-order valence-electron chi connectivity index (χ4n) is 2.78. The zero-order valence-electron chi connectivity index (χ0n) is 15.9. The van der Waals surface area contributed by atoms with Gasteiger partial charge < -0.3 is 4.90 Å². The number of fused-ring (bicyclic) bond motifs is 2. The van der Waals surface area contributed by atoms with E-state index in [9.17, 15) is 4.79 Å². The van der Waals surface area contributed by atoms with Crippen LogP contribution in [0.1, 0.15) is 10.5 Å². The molecule has 0 saturated heterocycles. The zero-order chi connectivity index (χ0) is 19.7. The van der Waals surface area contributed by atoms with E-state index in [0.717, 1.165) is 20.2 Å². The molecule has 9 heteroatoms. The van der Waals surface area contributed by atoms with E-state index in [1.165, 1.54) is 17.5 Å². The van der Waals surface area contributed by atoms with Crippen molar-refractivity contribution < 1.29 is 4.79 Å². The molecule has 0 aliphatic rings. The summed E-state index contributed by atoms with van der Waals surface area (Å²) < 4.78 is 2.01. The van der Waals surface area contributed by atoms with Crippen molar-refractivity contribution in [1.29, 1.82) is 0 Å². The van der Waals surface area contributed by atoms with Gasteiger partial charge in [-0.2, -0.15) is 0 Å². The number of nitrogens with zero attached hydrogens (tertiary/aromatic N) is 5. The molecule has 2 aromatic heterocycles. The van der Waals surface area contributed by atoms with E-state index >= 15 is 0 Å². The van der Waals surface area contributed by atoms with E-state index in [2.05, 4.69) is 30.9 Å². The Labute approximate surface area is 187 Å². The normalized spacial score (nSPS) is 11.0. The van der Waals surface area contributed by atoms with Gasteiger partial charge in [0.25, 0.3) is 5.91 Å². The maximum Gasteiger partial charge on any atom is 0.280 e. The maximum atomic E-state index is 13.3. The van der Waals surface area contributed by atoms with Crippen LogP contribution in [0.4, 0.5) is 5.13 Å². The van der Waals surface area contributed by atoms with Crippen LogP contribution in [0.3, 0.4) is 0 Å². The van der Waals surface area contributed by atoms with Gasteiger partial charge in [-0.05, 0) is 44.4 Å². The van der Waals surface area contributed by atoms with Crippen LogP contribution in [-0.2, 0) is 0 Å². The van der Waals surface area contributed by atoms with Crippen LogP contribution in [-0.4, -0.2) is 52.9 Å². The van der Waals surface area contributed by atoms with E-state index in [1.807, 2.05) is 61.5 Å². The average Bonchev–Trinajstić information content (AvgIpc) is 3.10. The lowest BCUT2D eigenvalue weighted by atomic mass is 10.3. The number of anilines is 1. The van der Waals surface area contributed by atoms with Crippen LogP contribution < -0.4 is 4.90 Å². The highest BCUT2D eigenvalue weighted by Crippen LogP contribution is 2.31. The first-order valence-electron chi connectivity index (χ1n) is 8.76. The molecule has 0 spiro atoms. The number of likely N-dealkylation sites (N-methyl/N-ethyl adjacent to an activating group) is 1. The SMILES string of the molecule is CN(C)CCN(C(=O)c1cnc2ccccc2n1)c1nc2ccc(Br)cc2s1.Cl. The Balaban J connectivity index is 0.00000240. The third-order valence-electron chi connectivity index (χ3n) is 4.25. The van der Waals surface area contributed by atoms with Crippen LogP contribution >= 0.6 is 39.7 Å². The van der Waals surface area contributed by atoms with Crippen LogP contribution in [0.2, 0.25) is 0 Å². The number of aromatic nitrogens is 3. The minimum atomic E-state index is -0.196. The molecule has 2 heterocycles. The molecule has 6 nitrogen and oxygen atoms in total. The van der Waals surface area contributed by atoms with Gasteiger partial charge in [0.1, 0.15) is 5.69 Å². The minimum absolute atomic E-state index is 0. The summed E-state index contributed by atoms with van der Waals surface area (Å²) in [6, 6.07) is 13.4. The molecule has 4 aromatic rings. The summed E-state index contributed by atoms with van der Waals surface area (Å²) in [7, 11) is 3.96. The van der Waals surface area contributed by atoms with E-state index < -0.39 is 0 Å². The molecule has 0 bridgehead atoms. The smallest absolute Gasteiger partial charge is 0.280 e. The number of halogens is 2. The molecular weight excluding hydrogens is 474 g/mol. The average molecular weight is 493 g/mol. The Morgan fingerprint density at radius 3 is 2.55 bits per heavy atom. The van der Waals surface area contributed by atoms with Gasteiger partial charge in [0, 0.05) is 17.6 Å². The number of hydrogen-bond acceptors (Lipinski definition) is 6. The highest BCUT2D eigenvalue weighted by atomic mass is 79.9. The van der Waals surface area contributed by atoms with Crippen molar-refractivity contribution in [2.45, 2.75) is 0 Å². The molecular formula is C20H19BrClN5OS. The number of rotatable bonds is 5. The largest absolute Gasteiger partial charge is 0.308 e. The first-order valence-corrected chi connectivity index (χ1v) is 10.4. The Morgan fingerprint density at radius 1 is 1.03 bits per heavy atom. The van der Waals surface area contributed by atoms with Gasteiger partial charge in [0.05, 0.1) is 27.4 Å². The van der Waals surface area contributed by atoms with Crippen LogP contribution in [0.15, 0.2) is 53.1 Å². The summed E-state index contributed by atoms with van der Waals surface area (Å²) in [5, 5.41) is 0.662. The van der Waals surface area contributed by atoms with Crippen molar-refractivity contribution in [3.8, 4) is 0 Å². The third-order valence-corrected chi connectivity index (χ3v) is 5.79. The second-order valence-corrected chi connectivity index (χ2v) is 8.54. The number of amides is 1. The van der Waals surface area contributed by atoms with Gasteiger partial charge in [-0.15, -0.1) is 12.4 Å². The van der Waals surface area contributed by atoms with Crippen LogP contribution in [0.25, 0.3) is 21.3 Å². The van der Waals surface area contributed by atoms with E-state index in [0.29, 0.717) is 29.4 Å². The topological polar surface area (TPSA) is 62.2 Å². The number of carbonyl (C=O) groups is 1. The monoisotopic (exact) mass is 491 g/mol. The van der Waals surface area contributed by atoms with Crippen molar-refractivity contribution in [1.82, 2.24) is 19.9 Å². The molecule has 2 aromatic carbocycles. The summed E-state index contributed by atoms with van der Waals surface area (Å²) in [6.07, 6.45) is 1.54. The lowest BCUT2D eigenvalue weighted by molar-refractivity contribution is 0.0980. The van der Waals surface area contributed by atoms with Gasteiger partial charge in [-0.3, -0.25) is 14.7 Å². The third kappa shape index (κ3) is 4.72. The number of carbonyl (C=O) groups excluding carboxylic acids is 1. The molecule has 1 amide bonds. The molecule has 0 N–H and O–H groups in total. The van der Waals surface area contributed by atoms with Crippen molar-refractivity contribution in [3.05, 3.63) is 58.8 Å².